The number of hydrogen-bond donors (Lipinski definition) is 1. The molecule has 0 radical (unpaired) electrons. The molecule has 0 spiro atoms. The summed E-state index contributed by atoms with van der Waals surface area (Å²) in [6.07, 6.45) is 0. The van der Waals surface area contributed by atoms with Gasteiger partial charge in [0, 0.05) is 14.5 Å². The Labute approximate surface area is 191 Å². The lowest BCUT2D eigenvalue weighted by molar-refractivity contribution is -0.114. The third-order valence-electron chi connectivity index (χ3n) is 3.99. The van der Waals surface area contributed by atoms with Gasteiger partial charge in [-0.05, 0) is 60.7 Å². The molecule has 0 bridgehead atoms. The van der Waals surface area contributed by atoms with Crippen molar-refractivity contribution >= 4 is 66.4 Å². The molecule has 1 amide bonds. The zero-order chi connectivity index (χ0) is 21.9. The summed E-state index contributed by atoms with van der Waals surface area (Å²) in [6.45, 7) is -0.596. The number of carbonyl (C=O) groups excluding carboxylic acids is 1. The van der Waals surface area contributed by atoms with Gasteiger partial charge in [0.25, 0.3) is 10.0 Å². The van der Waals surface area contributed by atoms with Crippen LogP contribution in [0.25, 0.3) is 0 Å². The van der Waals surface area contributed by atoms with Crippen LogP contribution in [0.3, 0.4) is 0 Å². The maximum Gasteiger partial charge on any atom is 0.264 e. The fourth-order valence-corrected chi connectivity index (χ4v) is 4.65. The molecule has 0 aliphatic rings. The number of nitrogens with zero attached hydrogens (tertiary/aromatic N) is 1. The van der Waals surface area contributed by atoms with Crippen LogP contribution < -0.4 is 9.62 Å². The zero-order valence-electron chi connectivity index (χ0n) is 15.2. The normalized spacial score (nSPS) is 11.2. The van der Waals surface area contributed by atoms with Crippen molar-refractivity contribution < 1.29 is 17.6 Å². The number of sulfonamides is 1. The summed E-state index contributed by atoms with van der Waals surface area (Å²) < 4.78 is 41.9. The molecule has 0 atom stereocenters. The molecule has 156 valence electrons. The van der Waals surface area contributed by atoms with Crippen molar-refractivity contribution in [1.29, 1.82) is 0 Å². The first-order valence-corrected chi connectivity index (χ1v) is 11.4. The lowest BCUT2D eigenvalue weighted by Crippen LogP contribution is -2.38. The molecule has 0 saturated heterocycles. The molecule has 1 N–H and O–H groups in total. The monoisotopic (exact) mass is 530 g/mol. The Kier molecular flexibility index (Phi) is 7.02. The summed E-state index contributed by atoms with van der Waals surface area (Å²) in [6, 6.07) is 15.7. The molecule has 3 rings (SSSR count). The van der Waals surface area contributed by atoms with E-state index in [9.17, 15) is 17.6 Å². The molecule has 3 aromatic carbocycles. The third-order valence-corrected chi connectivity index (χ3v) is 6.76. The molecule has 0 unspecified atom stereocenters. The SMILES string of the molecule is O=C(CN(c1cccc(Cl)c1)S(=O)(=O)c1ccc(Cl)cc1)Nc1ccc(Br)cc1F. The van der Waals surface area contributed by atoms with Gasteiger partial charge in [-0.2, -0.15) is 0 Å². The van der Waals surface area contributed by atoms with E-state index >= 15 is 0 Å². The van der Waals surface area contributed by atoms with Crippen LogP contribution in [0.5, 0.6) is 0 Å². The highest BCUT2D eigenvalue weighted by atomic mass is 79.9. The van der Waals surface area contributed by atoms with Crippen molar-refractivity contribution in [3.05, 3.63) is 87.1 Å². The molecule has 0 aliphatic heterocycles. The van der Waals surface area contributed by atoms with Gasteiger partial charge in [-0.1, -0.05) is 45.2 Å². The third kappa shape index (κ3) is 5.31. The van der Waals surface area contributed by atoms with Crippen LogP contribution in [0.2, 0.25) is 10.0 Å². The van der Waals surface area contributed by atoms with E-state index in [-0.39, 0.29) is 16.3 Å². The van der Waals surface area contributed by atoms with E-state index in [1.807, 2.05) is 0 Å². The maximum absolute atomic E-state index is 14.1. The molecule has 5 nitrogen and oxygen atoms in total. The fraction of sp³-hybridized carbons (Fsp3) is 0.0500. The van der Waals surface area contributed by atoms with E-state index in [4.69, 9.17) is 23.2 Å². The van der Waals surface area contributed by atoms with Crippen molar-refractivity contribution in [3.8, 4) is 0 Å². The molecule has 3 aromatic rings. The minimum Gasteiger partial charge on any atom is -0.322 e. The highest BCUT2D eigenvalue weighted by Gasteiger charge is 2.27. The van der Waals surface area contributed by atoms with Gasteiger partial charge in [-0.3, -0.25) is 9.10 Å². The maximum atomic E-state index is 14.1. The molecule has 30 heavy (non-hydrogen) atoms. The number of carbonyl (C=O) groups is 1. The van der Waals surface area contributed by atoms with E-state index in [2.05, 4.69) is 21.2 Å². The lowest BCUT2D eigenvalue weighted by atomic mass is 10.3. The Hall–Kier alpha value is -2.13. The summed E-state index contributed by atoms with van der Waals surface area (Å²) in [5.41, 5.74) is 0.113. The number of benzene rings is 3. The van der Waals surface area contributed by atoms with Gasteiger partial charge in [-0.15, -0.1) is 0 Å². The van der Waals surface area contributed by atoms with Crippen molar-refractivity contribution in [3.63, 3.8) is 0 Å². The highest BCUT2D eigenvalue weighted by Crippen LogP contribution is 2.27. The van der Waals surface area contributed by atoms with E-state index in [0.717, 1.165) is 4.31 Å². The number of anilines is 2. The number of amides is 1. The molecular formula is C20H14BrCl2FN2O3S. The predicted octanol–water partition coefficient (Wildman–Crippen LogP) is 5.73. The lowest BCUT2D eigenvalue weighted by Gasteiger charge is -2.24. The van der Waals surface area contributed by atoms with Crippen LogP contribution in [0.15, 0.2) is 76.1 Å². The average molecular weight is 532 g/mol. The Morgan fingerprint density at radius 2 is 1.70 bits per heavy atom. The van der Waals surface area contributed by atoms with Crippen molar-refractivity contribution in [2.24, 2.45) is 0 Å². The summed E-state index contributed by atoms with van der Waals surface area (Å²) >= 11 is 15.0. The Morgan fingerprint density at radius 3 is 2.33 bits per heavy atom. The van der Waals surface area contributed by atoms with Gasteiger partial charge in [0.2, 0.25) is 5.91 Å². The molecular weight excluding hydrogens is 518 g/mol. The second-order valence-electron chi connectivity index (χ2n) is 6.12. The van der Waals surface area contributed by atoms with E-state index in [1.54, 1.807) is 18.2 Å². The van der Waals surface area contributed by atoms with Crippen LogP contribution in [0.4, 0.5) is 15.8 Å². The second kappa shape index (κ2) is 9.34. The minimum atomic E-state index is -4.14. The largest absolute Gasteiger partial charge is 0.322 e. The van der Waals surface area contributed by atoms with Gasteiger partial charge in [0.1, 0.15) is 12.4 Å². The first-order valence-electron chi connectivity index (χ1n) is 8.45. The second-order valence-corrected chi connectivity index (χ2v) is 9.77. The Bertz CT molecular complexity index is 1190. The van der Waals surface area contributed by atoms with Gasteiger partial charge < -0.3 is 5.32 Å². The highest BCUT2D eigenvalue weighted by molar-refractivity contribution is 9.10. The zero-order valence-corrected chi connectivity index (χ0v) is 19.1. The quantitative estimate of drug-likeness (QED) is 0.441. The van der Waals surface area contributed by atoms with Crippen molar-refractivity contribution in [2.75, 3.05) is 16.2 Å². The fourth-order valence-electron chi connectivity index (χ4n) is 2.59. The molecule has 0 heterocycles. The van der Waals surface area contributed by atoms with E-state index < -0.39 is 28.3 Å². The molecule has 0 saturated carbocycles. The van der Waals surface area contributed by atoms with Crippen LogP contribution >= 0.6 is 39.1 Å². The summed E-state index contributed by atoms with van der Waals surface area (Å²) in [5, 5.41) is 3.05. The van der Waals surface area contributed by atoms with Crippen LogP contribution in [-0.4, -0.2) is 20.9 Å². The Morgan fingerprint density at radius 1 is 1.00 bits per heavy atom. The standard InChI is InChI=1S/C20H14BrCl2FN2O3S/c21-13-4-9-19(18(24)10-13)25-20(27)12-26(16-3-1-2-15(23)11-16)30(28,29)17-7-5-14(22)6-8-17/h1-11H,12H2,(H,25,27). The number of nitrogens with one attached hydrogen (secondary N) is 1. The molecule has 0 aromatic heterocycles. The van der Waals surface area contributed by atoms with Crippen LogP contribution in [0, 0.1) is 5.82 Å². The van der Waals surface area contributed by atoms with Crippen LogP contribution in [-0.2, 0) is 14.8 Å². The average Bonchev–Trinajstić information content (AvgIpc) is 2.68. The van der Waals surface area contributed by atoms with E-state index in [1.165, 1.54) is 48.5 Å². The van der Waals surface area contributed by atoms with Gasteiger partial charge in [-0.25, -0.2) is 12.8 Å². The number of rotatable bonds is 6. The topological polar surface area (TPSA) is 66.5 Å². The smallest absolute Gasteiger partial charge is 0.264 e. The summed E-state index contributed by atoms with van der Waals surface area (Å²) in [5.74, 6) is -1.39. The molecule has 10 heteroatoms. The van der Waals surface area contributed by atoms with Crippen molar-refractivity contribution in [1.82, 2.24) is 0 Å². The summed E-state index contributed by atoms with van der Waals surface area (Å²) in [7, 11) is -4.14. The predicted molar refractivity (Wildman–Crippen MR) is 120 cm³/mol. The molecule has 0 aliphatic carbocycles. The number of hydrogen-bond acceptors (Lipinski definition) is 3. The number of halogens is 4. The van der Waals surface area contributed by atoms with Crippen molar-refractivity contribution in [2.45, 2.75) is 4.90 Å². The Balaban J connectivity index is 1.95. The first kappa shape index (κ1) is 22.6. The minimum absolute atomic E-state index is 0.0607. The van der Waals surface area contributed by atoms with Gasteiger partial charge >= 0.3 is 0 Å². The summed E-state index contributed by atoms with van der Waals surface area (Å²) in [4.78, 5) is 12.5. The van der Waals surface area contributed by atoms with Crippen LogP contribution in [0.1, 0.15) is 0 Å². The van der Waals surface area contributed by atoms with Gasteiger partial charge in [0.05, 0.1) is 16.3 Å². The van der Waals surface area contributed by atoms with E-state index in [0.29, 0.717) is 14.5 Å². The first-order chi connectivity index (χ1) is 14.2. The molecule has 0 fully saturated rings. The van der Waals surface area contributed by atoms with Gasteiger partial charge in [0.15, 0.2) is 0 Å².